The molecule has 0 unspecified atom stereocenters. The standard InChI is InChI=1S/C23H27F3N4/c1-16(2)17-4-6-18(7-5-17)22-20(15-29-12-3-10-27-11-13-29)30-14-19(23(24,25)26)8-9-21(30)28-22/h4-9,14,16,27H,3,10-13,15H2,1-2H3. The number of fused-ring (bicyclic) bond motifs is 1. The van der Waals surface area contributed by atoms with Gasteiger partial charge in [-0.3, -0.25) is 4.90 Å². The van der Waals surface area contributed by atoms with E-state index in [9.17, 15) is 13.2 Å². The van der Waals surface area contributed by atoms with Crippen molar-refractivity contribution in [2.45, 2.75) is 38.9 Å². The number of imidazole rings is 1. The van der Waals surface area contributed by atoms with Crippen LogP contribution in [0.3, 0.4) is 0 Å². The van der Waals surface area contributed by atoms with E-state index in [0.29, 0.717) is 18.1 Å². The maximum atomic E-state index is 13.4. The van der Waals surface area contributed by atoms with E-state index in [-0.39, 0.29) is 0 Å². The van der Waals surface area contributed by atoms with Crippen molar-refractivity contribution in [3.63, 3.8) is 0 Å². The molecule has 30 heavy (non-hydrogen) atoms. The minimum atomic E-state index is -4.39. The molecule has 1 aliphatic rings. The van der Waals surface area contributed by atoms with Crippen LogP contribution in [0.25, 0.3) is 16.9 Å². The van der Waals surface area contributed by atoms with Crippen molar-refractivity contribution < 1.29 is 13.2 Å². The van der Waals surface area contributed by atoms with Crippen molar-refractivity contribution in [2.24, 2.45) is 0 Å². The fourth-order valence-corrected chi connectivity index (χ4v) is 3.94. The Morgan fingerprint density at radius 1 is 1.03 bits per heavy atom. The maximum Gasteiger partial charge on any atom is 0.417 e. The average Bonchev–Trinajstić information content (AvgIpc) is 2.87. The molecule has 0 saturated carbocycles. The molecule has 1 aromatic carbocycles. The van der Waals surface area contributed by atoms with Gasteiger partial charge in [0.05, 0.1) is 17.0 Å². The molecular formula is C23H27F3N4. The number of alkyl halides is 3. The molecular weight excluding hydrogens is 389 g/mol. The Balaban J connectivity index is 1.81. The highest BCUT2D eigenvalue weighted by Gasteiger charge is 2.31. The third-order valence-corrected chi connectivity index (χ3v) is 5.70. The topological polar surface area (TPSA) is 32.6 Å². The Kier molecular flexibility index (Phi) is 5.84. The minimum absolute atomic E-state index is 0.415. The molecule has 4 nitrogen and oxygen atoms in total. The van der Waals surface area contributed by atoms with E-state index < -0.39 is 11.7 Å². The van der Waals surface area contributed by atoms with Crippen molar-refractivity contribution in [1.82, 2.24) is 19.6 Å². The van der Waals surface area contributed by atoms with Gasteiger partial charge in [0.15, 0.2) is 0 Å². The van der Waals surface area contributed by atoms with Gasteiger partial charge in [0.1, 0.15) is 5.65 Å². The van der Waals surface area contributed by atoms with Crippen molar-refractivity contribution in [2.75, 3.05) is 26.2 Å². The summed E-state index contributed by atoms with van der Waals surface area (Å²) in [4.78, 5) is 7.01. The molecule has 0 radical (unpaired) electrons. The molecule has 1 saturated heterocycles. The first-order valence-corrected chi connectivity index (χ1v) is 10.4. The van der Waals surface area contributed by atoms with Crippen LogP contribution in [0.4, 0.5) is 13.2 Å². The molecule has 0 aliphatic carbocycles. The first-order valence-electron chi connectivity index (χ1n) is 10.4. The summed E-state index contributed by atoms with van der Waals surface area (Å²) < 4.78 is 41.7. The van der Waals surface area contributed by atoms with Crippen LogP contribution in [0, 0.1) is 0 Å². The average molecular weight is 416 g/mol. The van der Waals surface area contributed by atoms with Gasteiger partial charge >= 0.3 is 6.18 Å². The van der Waals surface area contributed by atoms with Crippen LogP contribution in [-0.4, -0.2) is 40.5 Å². The first kappa shape index (κ1) is 20.9. The van der Waals surface area contributed by atoms with Crippen LogP contribution < -0.4 is 5.32 Å². The number of aromatic nitrogens is 2. The predicted octanol–water partition coefficient (Wildman–Crippen LogP) is 4.94. The maximum absolute atomic E-state index is 13.4. The van der Waals surface area contributed by atoms with Crippen LogP contribution in [0.2, 0.25) is 0 Å². The summed E-state index contributed by atoms with van der Waals surface area (Å²) in [7, 11) is 0. The number of benzene rings is 1. The Morgan fingerprint density at radius 3 is 2.50 bits per heavy atom. The quantitative estimate of drug-likeness (QED) is 0.654. The summed E-state index contributed by atoms with van der Waals surface area (Å²) in [5.41, 5.74) is 3.58. The van der Waals surface area contributed by atoms with Crippen LogP contribution >= 0.6 is 0 Å². The van der Waals surface area contributed by atoms with Gasteiger partial charge < -0.3 is 9.72 Å². The zero-order valence-corrected chi connectivity index (χ0v) is 17.3. The number of rotatable bonds is 4. The summed E-state index contributed by atoms with van der Waals surface area (Å²) in [6, 6.07) is 10.8. The lowest BCUT2D eigenvalue weighted by Crippen LogP contribution is -2.28. The highest BCUT2D eigenvalue weighted by atomic mass is 19.4. The van der Waals surface area contributed by atoms with Gasteiger partial charge in [0, 0.05) is 31.4 Å². The predicted molar refractivity (Wildman–Crippen MR) is 112 cm³/mol. The second-order valence-electron chi connectivity index (χ2n) is 8.21. The highest BCUT2D eigenvalue weighted by molar-refractivity contribution is 5.67. The molecule has 3 aromatic rings. The number of nitrogens with one attached hydrogen (secondary N) is 1. The Hall–Kier alpha value is -2.38. The Bertz CT molecular complexity index is 998. The lowest BCUT2D eigenvalue weighted by molar-refractivity contribution is -0.137. The largest absolute Gasteiger partial charge is 0.417 e. The lowest BCUT2D eigenvalue weighted by atomic mass is 10.0. The van der Waals surface area contributed by atoms with E-state index in [1.807, 2.05) is 12.1 Å². The van der Waals surface area contributed by atoms with Crippen LogP contribution in [0.1, 0.15) is 43.0 Å². The SMILES string of the molecule is CC(C)c1ccc(-c2nc3ccc(C(F)(F)F)cn3c2CN2CCCNCC2)cc1. The van der Waals surface area contributed by atoms with Crippen molar-refractivity contribution in [3.8, 4) is 11.3 Å². The highest BCUT2D eigenvalue weighted by Crippen LogP contribution is 2.32. The molecule has 1 fully saturated rings. The molecule has 0 atom stereocenters. The van der Waals surface area contributed by atoms with E-state index in [0.717, 1.165) is 55.6 Å². The van der Waals surface area contributed by atoms with Crippen LogP contribution in [-0.2, 0) is 12.7 Å². The van der Waals surface area contributed by atoms with E-state index in [1.165, 1.54) is 17.8 Å². The number of pyridine rings is 1. The van der Waals surface area contributed by atoms with Crippen molar-refractivity contribution in [1.29, 1.82) is 0 Å². The van der Waals surface area contributed by atoms with Crippen molar-refractivity contribution in [3.05, 3.63) is 59.4 Å². The van der Waals surface area contributed by atoms with E-state index in [2.05, 4.69) is 36.2 Å². The van der Waals surface area contributed by atoms with E-state index in [1.54, 1.807) is 4.40 Å². The number of nitrogens with zero attached hydrogens (tertiary/aromatic N) is 3. The summed E-state index contributed by atoms with van der Waals surface area (Å²) >= 11 is 0. The molecule has 2 aromatic heterocycles. The second kappa shape index (κ2) is 8.40. The molecule has 0 bridgehead atoms. The van der Waals surface area contributed by atoms with Gasteiger partial charge in [0.2, 0.25) is 0 Å². The van der Waals surface area contributed by atoms with Gasteiger partial charge in [-0.2, -0.15) is 13.2 Å². The molecule has 0 amide bonds. The summed E-state index contributed by atoms with van der Waals surface area (Å²) in [5, 5.41) is 3.37. The normalized spacial score (nSPS) is 16.3. The van der Waals surface area contributed by atoms with E-state index >= 15 is 0 Å². The van der Waals surface area contributed by atoms with Gasteiger partial charge in [-0.25, -0.2) is 4.98 Å². The Morgan fingerprint density at radius 2 is 1.80 bits per heavy atom. The number of hydrogen-bond donors (Lipinski definition) is 1. The summed E-state index contributed by atoms with van der Waals surface area (Å²) in [5.74, 6) is 0.415. The third-order valence-electron chi connectivity index (χ3n) is 5.70. The molecule has 3 heterocycles. The van der Waals surface area contributed by atoms with Crippen LogP contribution in [0.5, 0.6) is 0 Å². The van der Waals surface area contributed by atoms with Gasteiger partial charge in [0.25, 0.3) is 0 Å². The third kappa shape index (κ3) is 4.37. The van der Waals surface area contributed by atoms with Gasteiger partial charge in [-0.15, -0.1) is 0 Å². The van der Waals surface area contributed by atoms with Crippen molar-refractivity contribution >= 4 is 5.65 Å². The number of halogens is 3. The smallest absolute Gasteiger partial charge is 0.315 e. The molecule has 160 valence electrons. The number of hydrogen-bond acceptors (Lipinski definition) is 3. The molecule has 7 heteroatoms. The lowest BCUT2D eigenvalue weighted by Gasteiger charge is -2.20. The fraction of sp³-hybridized carbons (Fsp3) is 0.435. The van der Waals surface area contributed by atoms with Gasteiger partial charge in [-0.05, 0) is 43.1 Å². The minimum Gasteiger partial charge on any atom is -0.315 e. The Labute approximate surface area is 174 Å². The fourth-order valence-electron chi connectivity index (χ4n) is 3.94. The summed E-state index contributed by atoms with van der Waals surface area (Å²) in [6.07, 6.45) is -2.19. The molecule has 4 rings (SSSR count). The molecule has 0 spiro atoms. The molecule has 1 aliphatic heterocycles. The monoisotopic (exact) mass is 416 g/mol. The molecule has 1 N–H and O–H groups in total. The zero-order valence-electron chi connectivity index (χ0n) is 17.3. The first-order chi connectivity index (χ1) is 14.3. The van der Waals surface area contributed by atoms with E-state index in [4.69, 9.17) is 4.98 Å². The van der Waals surface area contributed by atoms with Crippen LogP contribution in [0.15, 0.2) is 42.6 Å². The van der Waals surface area contributed by atoms with Gasteiger partial charge in [-0.1, -0.05) is 38.1 Å². The summed E-state index contributed by atoms with van der Waals surface area (Å²) in [6.45, 7) is 8.44. The zero-order chi connectivity index (χ0) is 21.3. The second-order valence-corrected chi connectivity index (χ2v) is 8.21.